The first-order valence-corrected chi connectivity index (χ1v) is 7.05. The van der Waals surface area contributed by atoms with Gasteiger partial charge in [-0.2, -0.15) is 4.31 Å². The molecule has 6 nitrogen and oxygen atoms in total. The van der Waals surface area contributed by atoms with Gasteiger partial charge < -0.3 is 9.84 Å². The largest absolute Gasteiger partial charge is 0.478 e. The molecule has 0 heterocycles. The van der Waals surface area contributed by atoms with Crippen molar-refractivity contribution in [2.45, 2.75) is 17.9 Å². The SMILES string of the molecule is COCC(C)N(C)S(=O)(=O)c1ccc(C(=O)O)cc1. The zero-order valence-corrected chi connectivity index (χ0v) is 11.8. The van der Waals surface area contributed by atoms with Gasteiger partial charge in [0.1, 0.15) is 0 Å². The number of benzene rings is 1. The predicted octanol–water partition coefficient (Wildman–Crippen LogP) is 1.04. The summed E-state index contributed by atoms with van der Waals surface area (Å²) in [6.07, 6.45) is 0. The van der Waals surface area contributed by atoms with Crippen LogP contribution < -0.4 is 0 Å². The highest BCUT2D eigenvalue weighted by Crippen LogP contribution is 2.17. The summed E-state index contributed by atoms with van der Waals surface area (Å²) in [6, 6.07) is 4.80. The summed E-state index contributed by atoms with van der Waals surface area (Å²) < 4.78 is 30.6. The van der Waals surface area contributed by atoms with Gasteiger partial charge in [0.05, 0.1) is 17.1 Å². The van der Waals surface area contributed by atoms with E-state index in [1.54, 1.807) is 6.92 Å². The topological polar surface area (TPSA) is 83.9 Å². The third-order valence-electron chi connectivity index (χ3n) is 2.81. The summed E-state index contributed by atoms with van der Waals surface area (Å²) in [5.41, 5.74) is 0.0477. The molecule has 19 heavy (non-hydrogen) atoms. The van der Waals surface area contributed by atoms with Crippen molar-refractivity contribution in [1.82, 2.24) is 4.31 Å². The van der Waals surface area contributed by atoms with Gasteiger partial charge in [-0.25, -0.2) is 13.2 Å². The Kier molecular flexibility index (Phi) is 5.04. The van der Waals surface area contributed by atoms with Crippen LogP contribution in [0, 0.1) is 0 Å². The highest BCUT2D eigenvalue weighted by molar-refractivity contribution is 7.89. The minimum absolute atomic E-state index is 0.0477. The molecular weight excluding hydrogens is 270 g/mol. The first-order chi connectivity index (χ1) is 8.80. The van der Waals surface area contributed by atoms with Crippen LogP contribution in [0.2, 0.25) is 0 Å². The molecule has 0 aliphatic rings. The van der Waals surface area contributed by atoms with Crippen molar-refractivity contribution in [3.8, 4) is 0 Å². The molecule has 1 unspecified atom stereocenters. The molecule has 0 fully saturated rings. The molecule has 7 heteroatoms. The fraction of sp³-hybridized carbons (Fsp3) is 0.417. The van der Waals surface area contributed by atoms with E-state index in [1.165, 1.54) is 42.7 Å². The maximum atomic E-state index is 12.3. The van der Waals surface area contributed by atoms with E-state index < -0.39 is 16.0 Å². The maximum absolute atomic E-state index is 12.3. The number of carbonyl (C=O) groups is 1. The monoisotopic (exact) mass is 287 g/mol. The van der Waals surface area contributed by atoms with Crippen LogP contribution in [-0.4, -0.2) is 50.6 Å². The molecule has 0 radical (unpaired) electrons. The molecule has 0 amide bonds. The Morgan fingerprint density at radius 1 is 1.37 bits per heavy atom. The van der Waals surface area contributed by atoms with Gasteiger partial charge >= 0.3 is 5.97 Å². The average Bonchev–Trinajstić information content (AvgIpc) is 2.38. The van der Waals surface area contributed by atoms with Crippen molar-refractivity contribution in [1.29, 1.82) is 0 Å². The summed E-state index contributed by atoms with van der Waals surface area (Å²) in [5.74, 6) is -1.09. The van der Waals surface area contributed by atoms with E-state index >= 15 is 0 Å². The molecule has 106 valence electrons. The van der Waals surface area contributed by atoms with Crippen molar-refractivity contribution in [3.05, 3.63) is 29.8 Å². The third kappa shape index (κ3) is 3.52. The minimum atomic E-state index is -3.64. The first kappa shape index (κ1) is 15.6. The molecule has 0 aliphatic heterocycles. The second-order valence-corrected chi connectivity index (χ2v) is 6.15. The highest BCUT2D eigenvalue weighted by atomic mass is 32.2. The number of rotatable bonds is 6. The maximum Gasteiger partial charge on any atom is 0.335 e. The molecule has 1 aromatic carbocycles. The normalized spacial score (nSPS) is 13.5. The number of ether oxygens (including phenoxy) is 1. The molecule has 0 bridgehead atoms. The van der Waals surface area contributed by atoms with Gasteiger partial charge in [0.15, 0.2) is 0 Å². The number of carboxylic acids is 1. The zero-order chi connectivity index (χ0) is 14.6. The Morgan fingerprint density at radius 2 is 1.89 bits per heavy atom. The summed E-state index contributed by atoms with van der Waals surface area (Å²) in [6.45, 7) is 2.01. The number of nitrogens with zero attached hydrogens (tertiary/aromatic N) is 1. The molecule has 0 spiro atoms. The summed E-state index contributed by atoms with van der Waals surface area (Å²) >= 11 is 0. The van der Waals surface area contributed by atoms with Gasteiger partial charge in [0.2, 0.25) is 10.0 Å². The smallest absolute Gasteiger partial charge is 0.335 e. The van der Waals surface area contributed by atoms with Gasteiger partial charge in [-0.1, -0.05) is 0 Å². The van der Waals surface area contributed by atoms with Crippen molar-refractivity contribution in [2.24, 2.45) is 0 Å². The van der Waals surface area contributed by atoms with Crippen LogP contribution in [0.25, 0.3) is 0 Å². The third-order valence-corrected chi connectivity index (χ3v) is 4.79. The molecule has 1 rings (SSSR count). The van der Waals surface area contributed by atoms with Crippen molar-refractivity contribution in [2.75, 3.05) is 20.8 Å². The molecular formula is C12H17NO5S. The Hall–Kier alpha value is -1.44. The number of sulfonamides is 1. The number of likely N-dealkylation sites (N-methyl/N-ethyl adjacent to an activating group) is 1. The first-order valence-electron chi connectivity index (χ1n) is 5.61. The number of methoxy groups -OCH3 is 1. The predicted molar refractivity (Wildman–Crippen MR) is 69.7 cm³/mol. The van der Waals surface area contributed by atoms with Crippen LogP contribution in [0.1, 0.15) is 17.3 Å². The van der Waals surface area contributed by atoms with Crippen LogP contribution in [0.3, 0.4) is 0 Å². The zero-order valence-electron chi connectivity index (χ0n) is 11.0. The number of carboxylic acid groups (broad SMARTS) is 1. The lowest BCUT2D eigenvalue weighted by Gasteiger charge is -2.23. The van der Waals surface area contributed by atoms with E-state index in [4.69, 9.17) is 9.84 Å². The van der Waals surface area contributed by atoms with Gasteiger partial charge in [0.25, 0.3) is 0 Å². The number of aromatic carboxylic acids is 1. The van der Waals surface area contributed by atoms with Gasteiger partial charge in [-0.05, 0) is 31.2 Å². The van der Waals surface area contributed by atoms with Crippen LogP contribution in [-0.2, 0) is 14.8 Å². The van der Waals surface area contributed by atoms with Crippen molar-refractivity contribution >= 4 is 16.0 Å². The second-order valence-electron chi connectivity index (χ2n) is 4.16. The number of hydrogen-bond acceptors (Lipinski definition) is 4. The Bertz CT molecular complexity index is 538. The van der Waals surface area contributed by atoms with E-state index in [1.807, 2.05) is 0 Å². The molecule has 0 aromatic heterocycles. The standard InChI is InChI=1S/C12H17NO5S/c1-9(8-18-3)13(2)19(16,17)11-6-4-10(5-7-11)12(14)15/h4-7,9H,8H2,1-3H3,(H,14,15). The lowest BCUT2D eigenvalue weighted by Crippen LogP contribution is -2.37. The van der Waals surface area contributed by atoms with Crippen LogP contribution in [0.15, 0.2) is 29.2 Å². The Labute approximate surface area is 112 Å². The Balaban J connectivity index is 3.03. The Morgan fingerprint density at radius 3 is 2.32 bits per heavy atom. The molecule has 0 aliphatic carbocycles. The summed E-state index contributed by atoms with van der Waals surface area (Å²) in [4.78, 5) is 10.8. The molecule has 1 aromatic rings. The number of hydrogen-bond donors (Lipinski definition) is 1. The van der Waals surface area contributed by atoms with Crippen LogP contribution in [0.4, 0.5) is 0 Å². The fourth-order valence-corrected chi connectivity index (χ4v) is 2.87. The minimum Gasteiger partial charge on any atom is -0.478 e. The van der Waals surface area contributed by atoms with Gasteiger partial charge in [-0.3, -0.25) is 0 Å². The van der Waals surface area contributed by atoms with E-state index in [9.17, 15) is 13.2 Å². The lowest BCUT2D eigenvalue weighted by molar-refractivity contribution is 0.0696. The lowest BCUT2D eigenvalue weighted by atomic mass is 10.2. The summed E-state index contributed by atoms with van der Waals surface area (Å²) in [5, 5.41) is 8.77. The fourth-order valence-electron chi connectivity index (χ4n) is 1.52. The van der Waals surface area contributed by atoms with Gasteiger partial charge in [-0.15, -0.1) is 0 Å². The van der Waals surface area contributed by atoms with Crippen molar-refractivity contribution < 1.29 is 23.1 Å². The second kappa shape index (κ2) is 6.14. The van der Waals surface area contributed by atoms with Crippen LogP contribution >= 0.6 is 0 Å². The highest BCUT2D eigenvalue weighted by Gasteiger charge is 2.25. The molecule has 1 N–H and O–H groups in total. The quantitative estimate of drug-likeness (QED) is 0.845. The van der Waals surface area contributed by atoms with E-state index in [0.717, 1.165) is 0 Å². The van der Waals surface area contributed by atoms with E-state index in [2.05, 4.69) is 0 Å². The molecule has 1 atom stereocenters. The van der Waals surface area contributed by atoms with E-state index in [-0.39, 0.29) is 23.1 Å². The molecule has 0 saturated carbocycles. The summed E-state index contributed by atoms with van der Waals surface area (Å²) in [7, 11) is -0.681. The molecule has 0 saturated heterocycles. The van der Waals surface area contributed by atoms with Crippen molar-refractivity contribution in [3.63, 3.8) is 0 Å². The van der Waals surface area contributed by atoms with Gasteiger partial charge in [0, 0.05) is 20.2 Å². The van der Waals surface area contributed by atoms with E-state index in [0.29, 0.717) is 0 Å². The van der Waals surface area contributed by atoms with Crippen LogP contribution in [0.5, 0.6) is 0 Å². The average molecular weight is 287 g/mol.